The van der Waals surface area contributed by atoms with Crippen molar-refractivity contribution < 1.29 is 19.4 Å². The third-order valence-corrected chi connectivity index (χ3v) is 3.71. The summed E-state index contributed by atoms with van der Waals surface area (Å²) in [6.07, 6.45) is 0. The standard InChI is InChI=1S/C10H18N2O4S/c1-12-3-4-17-6-8(12)9(14)11-7(5-13)10(15)16-2/h7-8,13H,3-6H2,1-2H3,(H,11,14). The second-order valence-corrected chi connectivity index (χ2v) is 4.99. The molecule has 2 unspecified atom stereocenters. The molecule has 17 heavy (non-hydrogen) atoms. The number of rotatable bonds is 4. The van der Waals surface area contributed by atoms with Crippen LogP contribution in [-0.2, 0) is 14.3 Å². The van der Waals surface area contributed by atoms with Crippen molar-refractivity contribution in [3.8, 4) is 0 Å². The van der Waals surface area contributed by atoms with Crippen molar-refractivity contribution in [3.63, 3.8) is 0 Å². The lowest BCUT2D eigenvalue weighted by Gasteiger charge is -2.31. The normalized spacial score (nSPS) is 22.9. The second-order valence-electron chi connectivity index (χ2n) is 3.84. The average molecular weight is 262 g/mol. The van der Waals surface area contributed by atoms with Crippen molar-refractivity contribution in [2.45, 2.75) is 12.1 Å². The zero-order chi connectivity index (χ0) is 12.8. The molecule has 0 radical (unpaired) electrons. The molecule has 1 fully saturated rings. The highest BCUT2D eigenvalue weighted by molar-refractivity contribution is 7.99. The van der Waals surface area contributed by atoms with Gasteiger partial charge < -0.3 is 15.2 Å². The summed E-state index contributed by atoms with van der Waals surface area (Å²) >= 11 is 1.70. The molecule has 0 spiro atoms. The maximum absolute atomic E-state index is 11.9. The molecule has 6 nitrogen and oxygen atoms in total. The van der Waals surface area contributed by atoms with Crippen LogP contribution in [0.25, 0.3) is 0 Å². The van der Waals surface area contributed by atoms with E-state index < -0.39 is 18.6 Å². The molecule has 2 atom stereocenters. The number of esters is 1. The summed E-state index contributed by atoms with van der Waals surface area (Å²) < 4.78 is 4.49. The van der Waals surface area contributed by atoms with Gasteiger partial charge in [0.1, 0.15) is 0 Å². The number of nitrogens with zero attached hydrogens (tertiary/aromatic N) is 1. The molecule has 1 amide bonds. The first-order valence-electron chi connectivity index (χ1n) is 5.37. The third-order valence-electron chi connectivity index (χ3n) is 2.68. The Hall–Kier alpha value is -0.790. The van der Waals surface area contributed by atoms with Gasteiger partial charge in [-0.25, -0.2) is 4.79 Å². The van der Waals surface area contributed by atoms with Crippen LogP contribution in [0.15, 0.2) is 0 Å². The first-order chi connectivity index (χ1) is 8.10. The van der Waals surface area contributed by atoms with Gasteiger partial charge in [-0.05, 0) is 7.05 Å². The third kappa shape index (κ3) is 3.86. The van der Waals surface area contributed by atoms with Crippen LogP contribution < -0.4 is 5.32 Å². The molecule has 2 N–H and O–H groups in total. The molecular formula is C10H18N2O4S. The Kier molecular flexibility index (Phi) is 5.73. The Balaban J connectivity index is 2.54. The van der Waals surface area contributed by atoms with Crippen LogP contribution in [-0.4, -0.2) is 72.8 Å². The quantitative estimate of drug-likeness (QED) is 0.612. The predicted octanol–water partition coefficient (Wildman–Crippen LogP) is -1.32. The van der Waals surface area contributed by atoms with Crippen molar-refractivity contribution in [1.82, 2.24) is 10.2 Å². The number of nitrogens with one attached hydrogen (secondary N) is 1. The first kappa shape index (κ1) is 14.3. The molecule has 98 valence electrons. The molecule has 0 bridgehead atoms. The van der Waals surface area contributed by atoms with Gasteiger partial charge in [-0.3, -0.25) is 9.69 Å². The molecule has 1 aliphatic heterocycles. The van der Waals surface area contributed by atoms with Crippen molar-refractivity contribution in [2.24, 2.45) is 0 Å². The summed E-state index contributed by atoms with van der Waals surface area (Å²) in [7, 11) is 3.09. The SMILES string of the molecule is COC(=O)C(CO)NC(=O)C1CSCCN1C. The van der Waals surface area contributed by atoms with Crippen LogP contribution in [0, 0.1) is 0 Å². The molecular weight excluding hydrogens is 244 g/mol. The molecule has 1 aliphatic rings. The smallest absolute Gasteiger partial charge is 0.330 e. The number of thioether (sulfide) groups is 1. The van der Waals surface area contributed by atoms with Gasteiger partial charge in [0.05, 0.1) is 19.8 Å². The molecule has 1 heterocycles. The predicted molar refractivity (Wildman–Crippen MR) is 64.8 cm³/mol. The van der Waals surface area contributed by atoms with Gasteiger partial charge in [0, 0.05) is 18.1 Å². The fourth-order valence-corrected chi connectivity index (χ4v) is 2.76. The number of aliphatic hydroxyl groups excluding tert-OH is 1. The van der Waals surface area contributed by atoms with Gasteiger partial charge >= 0.3 is 5.97 Å². The topological polar surface area (TPSA) is 78.9 Å². The summed E-state index contributed by atoms with van der Waals surface area (Å²) in [4.78, 5) is 25.1. The van der Waals surface area contributed by atoms with Gasteiger partial charge in [-0.2, -0.15) is 11.8 Å². The van der Waals surface area contributed by atoms with Crippen LogP contribution in [0.1, 0.15) is 0 Å². The fraction of sp³-hybridized carbons (Fsp3) is 0.800. The molecule has 0 saturated carbocycles. The number of ether oxygens (including phenoxy) is 1. The molecule has 1 rings (SSSR count). The summed E-state index contributed by atoms with van der Waals surface area (Å²) in [6, 6.07) is -1.24. The lowest BCUT2D eigenvalue weighted by molar-refractivity contribution is -0.146. The fourth-order valence-electron chi connectivity index (χ4n) is 1.55. The number of likely N-dealkylation sites (N-methyl/N-ethyl adjacent to an activating group) is 1. The maximum Gasteiger partial charge on any atom is 0.330 e. The van der Waals surface area contributed by atoms with Gasteiger partial charge in [0.15, 0.2) is 6.04 Å². The first-order valence-corrected chi connectivity index (χ1v) is 6.52. The minimum Gasteiger partial charge on any atom is -0.467 e. The van der Waals surface area contributed by atoms with E-state index in [1.807, 2.05) is 11.9 Å². The Morgan fingerprint density at radius 3 is 2.88 bits per heavy atom. The Morgan fingerprint density at radius 2 is 2.35 bits per heavy atom. The Bertz CT molecular complexity index is 287. The maximum atomic E-state index is 11.9. The number of methoxy groups -OCH3 is 1. The van der Waals surface area contributed by atoms with Crippen molar-refractivity contribution in [2.75, 3.05) is 38.8 Å². The molecule has 0 aromatic rings. The second kappa shape index (κ2) is 6.83. The van der Waals surface area contributed by atoms with E-state index in [2.05, 4.69) is 10.1 Å². The van der Waals surface area contributed by atoms with E-state index in [0.717, 1.165) is 12.3 Å². The van der Waals surface area contributed by atoms with Crippen molar-refractivity contribution >= 4 is 23.6 Å². The molecule has 0 aromatic carbocycles. The van der Waals surface area contributed by atoms with E-state index in [9.17, 15) is 9.59 Å². The Labute approximate surface area is 105 Å². The van der Waals surface area contributed by atoms with Crippen LogP contribution in [0.4, 0.5) is 0 Å². The lowest BCUT2D eigenvalue weighted by atomic mass is 10.2. The number of amides is 1. The summed E-state index contributed by atoms with van der Waals surface area (Å²) in [6.45, 7) is 0.382. The van der Waals surface area contributed by atoms with Gasteiger partial charge in [-0.15, -0.1) is 0 Å². The van der Waals surface area contributed by atoms with Crippen molar-refractivity contribution in [1.29, 1.82) is 0 Å². The van der Waals surface area contributed by atoms with Gasteiger partial charge in [-0.1, -0.05) is 0 Å². The minimum absolute atomic E-state index is 0.246. The van der Waals surface area contributed by atoms with Gasteiger partial charge in [0.2, 0.25) is 5.91 Å². The number of hydrogen-bond donors (Lipinski definition) is 2. The van der Waals surface area contributed by atoms with E-state index in [1.54, 1.807) is 11.8 Å². The number of hydrogen-bond acceptors (Lipinski definition) is 6. The van der Waals surface area contributed by atoms with Crippen molar-refractivity contribution in [3.05, 3.63) is 0 Å². The highest BCUT2D eigenvalue weighted by atomic mass is 32.2. The zero-order valence-electron chi connectivity index (χ0n) is 10.0. The monoisotopic (exact) mass is 262 g/mol. The minimum atomic E-state index is -0.979. The number of carbonyl (C=O) groups is 2. The number of carbonyl (C=O) groups excluding carboxylic acids is 2. The van der Waals surface area contributed by atoms with Gasteiger partial charge in [0.25, 0.3) is 0 Å². The lowest BCUT2D eigenvalue weighted by Crippen LogP contribution is -2.54. The molecule has 7 heteroatoms. The summed E-state index contributed by atoms with van der Waals surface area (Å²) in [5, 5.41) is 11.5. The Morgan fingerprint density at radius 1 is 1.65 bits per heavy atom. The van der Waals surface area contributed by atoms with E-state index in [-0.39, 0.29) is 11.9 Å². The van der Waals surface area contributed by atoms with Crippen LogP contribution in [0.3, 0.4) is 0 Å². The van der Waals surface area contributed by atoms with E-state index in [4.69, 9.17) is 5.11 Å². The average Bonchev–Trinajstić information content (AvgIpc) is 2.35. The zero-order valence-corrected chi connectivity index (χ0v) is 10.8. The highest BCUT2D eigenvalue weighted by Crippen LogP contribution is 2.14. The number of aliphatic hydroxyl groups is 1. The largest absolute Gasteiger partial charge is 0.467 e. The van der Waals surface area contributed by atoms with Crippen LogP contribution in [0.5, 0.6) is 0 Å². The van der Waals surface area contributed by atoms with E-state index in [0.29, 0.717) is 5.75 Å². The van der Waals surface area contributed by atoms with Crippen LogP contribution >= 0.6 is 11.8 Å². The van der Waals surface area contributed by atoms with Crippen LogP contribution in [0.2, 0.25) is 0 Å². The van der Waals surface area contributed by atoms with E-state index >= 15 is 0 Å². The summed E-state index contributed by atoms with van der Waals surface area (Å²) in [5.74, 6) is 0.818. The molecule has 0 aliphatic carbocycles. The summed E-state index contributed by atoms with van der Waals surface area (Å²) in [5.41, 5.74) is 0. The molecule has 0 aromatic heterocycles. The molecule has 1 saturated heterocycles. The van der Waals surface area contributed by atoms with E-state index in [1.165, 1.54) is 7.11 Å². The highest BCUT2D eigenvalue weighted by Gasteiger charge is 2.29.